The number of hydrogen-bond acceptors (Lipinski definition) is 1. The van der Waals surface area contributed by atoms with Crippen LogP contribution < -0.4 is 0 Å². The fraction of sp³-hybridized carbons (Fsp3) is 0.300. The second kappa shape index (κ2) is 2.63. The Morgan fingerprint density at radius 3 is 2.83 bits per heavy atom. The summed E-state index contributed by atoms with van der Waals surface area (Å²) in [5.74, 6) is 0.589. The highest BCUT2D eigenvalue weighted by Crippen LogP contribution is 2.26. The highest BCUT2D eigenvalue weighted by molar-refractivity contribution is 5.64. The lowest BCUT2D eigenvalue weighted by Crippen LogP contribution is -1.81. The molecule has 1 heterocycles. The summed E-state index contributed by atoms with van der Waals surface area (Å²) < 4.78 is 0. The van der Waals surface area contributed by atoms with Crippen LogP contribution in [0.5, 0.6) is 0 Å². The van der Waals surface area contributed by atoms with Crippen LogP contribution in [0, 0.1) is 0 Å². The predicted molar refractivity (Wildman–Crippen MR) is 49.3 cm³/mol. The van der Waals surface area contributed by atoms with Crippen molar-refractivity contribution >= 4 is 0 Å². The van der Waals surface area contributed by atoms with Gasteiger partial charge < -0.3 is 0 Å². The quantitative estimate of drug-likeness (QED) is 0.682. The third-order valence-corrected chi connectivity index (χ3v) is 2.12. The zero-order valence-corrected chi connectivity index (χ0v) is 7.33. The van der Waals surface area contributed by atoms with E-state index in [4.69, 9.17) is 0 Å². The van der Waals surface area contributed by atoms with E-state index in [9.17, 15) is 0 Å². The molecular formula is C10H12N2. The van der Waals surface area contributed by atoms with Crippen LogP contribution in [0.2, 0.25) is 0 Å². The van der Waals surface area contributed by atoms with Gasteiger partial charge >= 0.3 is 0 Å². The molecule has 0 unspecified atom stereocenters. The second-order valence-electron chi connectivity index (χ2n) is 3.37. The van der Waals surface area contributed by atoms with Crippen molar-refractivity contribution in [3.05, 3.63) is 30.0 Å². The topological polar surface area (TPSA) is 28.7 Å². The molecule has 2 rings (SSSR count). The largest absolute Gasteiger partial charge is 0.278 e. The Morgan fingerprint density at radius 1 is 1.33 bits per heavy atom. The van der Waals surface area contributed by atoms with E-state index in [-0.39, 0.29) is 0 Å². The van der Waals surface area contributed by atoms with Gasteiger partial charge in [0.2, 0.25) is 0 Å². The zero-order chi connectivity index (χ0) is 8.55. The monoisotopic (exact) mass is 160 g/mol. The second-order valence-corrected chi connectivity index (χ2v) is 3.37. The maximum Gasteiger partial charge on any atom is 0.0637 e. The van der Waals surface area contributed by atoms with Crippen LogP contribution in [0.3, 0.4) is 0 Å². The molecule has 0 aromatic rings. The molecule has 0 saturated heterocycles. The van der Waals surface area contributed by atoms with Gasteiger partial charge in [-0.05, 0) is 29.7 Å². The summed E-state index contributed by atoms with van der Waals surface area (Å²) in [5.41, 5.74) is 3.74. The highest BCUT2D eigenvalue weighted by atomic mass is 15.1. The van der Waals surface area contributed by atoms with Gasteiger partial charge in [-0.15, -0.1) is 0 Å². The summed E-state index contributed by atoms with van der Waals surface area (Å²) in [5, 5.41) is 6.94. The first-order valence-corrected chi connectivity index (χ1v) is 4.20. The van der Waals surface area contributed by atoms with Crippen molar-refractivity contribution in [2.45, 2.75) is 19.8 Å². The number of fused-ring (bicyclic) bond motifs is 1. The van der Waals surface area contributed by atoms with Crippen molar-refractivity contribution in [3.63, 3.8) is 0 Å². The molecule has 1 aliphatic heterocycles. The molecular weight excluding hydrogens is 148 g/mol. The fourth-order valence-electron chi connectivity index (χ4n) is 1.34. The van der Waals surface area contributed by atoms with Crippen LogP contribution >= 0.6 is 0 Å². The number of aromatic nitrogens is 2. The Hall–Kier alpha value is -1.31. The first-order chi connectivity index (χ1) is 5.77. The van der Waals surface area contributed by atoms with Gasteiger partial charge in [-0.3, -0.25) is 5.10 Å². The van der Waals surface area contributed by atoms with Crippen LogP contribution in [0.1, 0.15) is 25.3 Å². The van der Waals surface area contributed by atoms with Gasteiger partial charge in [-0.1, -0.05) is 13.8 Å². The molecule has 0 aromatic heterocycles. The molecule has 0 fully saturated rings. The third-order valence-electron chi connectivity index (χ3n) is 2.12. The highest BCUT2D eigenvalue weighted by Gasteiger charge is 2.07. The molecule has 0 atom stereocenters. The van der Waals surface area contributed by atoms with Crippen molar-refractivity contribution in [3.8, 4) is 11.3 Å². The van der Waals surface area contributed by atoms with E-state index in [1.54, 1.807) is 6.20 Å². The van der Waals surface area contributed by atoms with Crippen LogP contribution in [-0.2, 0) is 0 Å². The van der Waals surface area contributed by atoms with Gasteiger partial charge in [0.15, 0.2) is 0 Å². The van der Waals surface area contributed by atoms with Gasteiger partial charge in [0.05, 0.1) is 5.69 Å². The van der Waals surface area contributed by atoms with Crippen LogP contribution in [-0.4, -0.2) is 10.2 Å². The van der Waals surface area contributed by atoms with E-state index < -0.39 is 0 Å². The maximum atomic E-state index is 3.96. The van der Waals surface area contributed by atoms with E-state index in [0.717, 1.165) is 5.69 Å². The molecule has 1 N–H and O–H groups in total. The molecule has 0 bridgehead atoms. The summed E-state index contributed by atoms with van der Waals surface area (Å²) in [6.07, 6.45) is 1.78. The van der Waals surface area contributed by atoms with E-state index in [0.29, 0.717) is 5.92 Å². The third kappa shape index (κ3) is 1.09. The summed E-state index contributed by atoms with van der Waals surface area (Å²) in [4.78, 5) is 0. The number of aromatic amines is 1. The molecule has 0 spiro atoms. The van der Waals surface area contributed by atoms with Crippen LogP contribution in [0.25, 0.3) is 11.3 Å². The molecule has 2 nitrogen and oxygen atoms in total. The Labute approximate surface area is 72.0 Å². The summed E-state index contributed by atoms with van der Waals surface area (Å²) in [6, 6.07) is 6.39. The number of hydrogen-bond donors (Lipinski definition) is 1. The minimum Gasteiger partial charge on any atom is -0.278 e. The smallest absolute Gasteiger partial charge is 0.0637 e. The minimum atomic E-state index is 0.589. The number of H-pyrrole nitrogens is 1. The normalized spacial score (nSPS) is 11.2. The first kappa shape index (κ1) is 7.35. The first-order valence-electron chi connectivity index (χ1n) is 4.20. The number of nitrogens with one attached hydrogen (secondary N) is 1. The molecule has 0 aromatic carbocycles. The van der Waals surface area contributed by atoms with Gasteiger partial charge in [-0.2, -0.15) is 5.10 Å². The van der Waals surface area contributed by atoms with Crippen molar-refractivity contribution in [1.29, 1.82) is 0 Å². The summed E-state index contributed by atoms with van der Waals surface area (Å²) in [6.45, 7) is 4.39. The average molecular weight is 160 g/mol. The van der Waals surface area contributed by atoms with Crippen molar-refractivity contribution in [2.75, 3.05) is 0 Å². The predicted octanol–water partition coefficient (Wildman–Crippen LogP) is 2.64. The van der Waals surface area contributed by atoms with Crippen molar-refractivity contribution in [2.24, 2.45) is 0 Å². The van der Waals surface area contributed by atoms with Crippen molar-refractivity contribution in [1.82, 2.24) is 10.2 Å². The van der Waals surface area contributed by atoms with Crippen LogP contribution in [0.4, 0.5) is 0 Å². The van der Waals surface area contributed by atoms with Gasteiger partial charge in [0.1, 0.15) is 0 Å². The lowest BCUT2D eigenvalue weighted by molar-refractivity contribution is 0.871. The fourth-order valence-corrected chi connectivity index (χ4v) is 1.34. The van der Waals surface area contributed by atoms with E-state index >= 15 is 0 Å². The Morgan fingerprint density at radius 2 is 2.17 bits per heavy atom. The summed E-state index contributed by atoms with van der Waals surface area (Å²) in [7, 11) is 0. The molecule has 1 aliphatic carbocycles. The van der Waals surface area contributed by atoms with Crippen LogP contribution in [0.15, 0.2) is 24.4 Å². The maximum absolute atomic E-state index is 3.96. The Balaban J connectivity index is 2.56. The van der Waals surface area contributed by atoms with Gasteiger partial charge in [0, 0.05) is 11.8 Å². The zero-order valence-electron chi connectivity index (χ0n) is 7.33. The standard InChI is InChI=1S/C10H12N2/c1-7(2)9-5-8-3-4-11-12-10(8)6-9/h3-7,12H,1-2H3. The lowest BCUT2D eigenvalue weighted by Gasteiger charge is -1.96. The molecule has 2 heteroatoms. The van der Waals surface area contributed by atoms with Gasteiger partial charge in [0.25, 0.3) is 0 Å². The number of nitrogens with zero attached hydrogens (tertiary/aromatic N) is 1. The average Bonchev–Trinajstić information content (AvgIpc) is 2.46. The molecule has 62 valence electrons. The lowest BCUT2D eigenvalue weighted by atomic mass is 10.1. The van der Waals surface area contributed by atoms with E-state index in [2.05, 4.69) is 36.2 Å². The summed E-state index contributed by atoms with van der Waals surface area (Å²) >= 11 is 0. The van der Waals surface area contributed by atoms with E-state index in [1.165, 1.54) is 11.1 Å². The Kier molecular flexibility index (Phi) is 1.61. The molecule has 0 radical (unpaired) electrons. The number of rotatable bonds is 1. The molecule has 12 heavy (non-hydrogen) atoms. The molecule has 2 aliphatic rings. The Bertz CT molecular complexity index is 319. The van der Waals surface area contributed by atoms with E-state index in [1.807, 2.05) is 6.07 Å². The van der Waals surface area contributed by atoms with Gasteiger partial charge in [-0.25, -0.2) is 0 Å². The molecule has 0 amide bonds. The SMILES string of the molecule is CC(C)c1cc2ccn[nH]c-2c1. The molecule has 0 saturated carbocycles. The minimum absolute atomic E-state index is 0.589. The van der Waals surface area contributed by atoms with Crippen molar-refractivity contribution < 1.29 is 0 Å².